The number of hydrogen-bond acceptors (Lipinski definition) is 3. The van der Waals surface area contributed by atoms with Gasteiger partial charge in [0, 0.05) is 6.54 Å². The molecule has 0 amide bonds. The molecule has 0 aliphatic rings. The second-order valence-corrected chi connectivity index (χ2v) is 7.48. The van der Waals surface area contributed by atoms with Crippen LogP contribution in [-0.2, 0) is 16.6 Å². The molecule has 6 heteroatoms. The predicted molar refractivity (Wildman–Crippen MR) is 87.2 cm³/mol. The van der Waals surface area contributed by atoms with Crippen molar-refractivity contribution in [2.24, 2.45) is 5.73 Å². The molecule has 1 atom stereocenters. The fourth-order valence-electron chi connectivity index (χ4n) is 1.88. The molecule has 0 saturated carbocycles. The van der Waals surface area contributed by atoms with Crippen LogP contribution < -0.4 is 10.5 Å². The Balaban J connectivity index is 2.73. The number of hydrogen-bond donors (Lipinski definition) is 2. The van der Waals surface area contributed by atoms with Gasteiger partial charge in [0.05, 0.1) is 4.99 Å². The quantitative estimate of drug-likeness (QED) is 0.758. The summed E-state index contributed by atoms with van der Waals surface area (Å²) in [6, 6.07) is 7.89. The molecular formula is C14H22N2O2S2. The van der Waals surface area contributed by atoms with Crippen LogP contribution in [0.4, 0.5) is 0 Å². The standard InChI is InChI=1S/C14H22N2O2S2/c1-4-13(14(15)19)20(17,18)16-9-11-5-7-12(8-6-11)10(2)3/h5-8,10,13,16H,4,9H2,1-3H3,(H2,15,19). The SMILES string of the molecule is CCC(C(N)=S)S(=O)(=O)NCc1ccc(C(C)C)cc1. The van der Waals surface area contributed by atoms with E-state index in [0.29, 0.717) is 12.3 Å². The van der Waals surface area contributed by atoms with Crippen LogP contribution in [0, 0.1) is 0 Å². The van der Waals surface area contributed by atoms with Crippen LogP contribution in [-0.4, -0.2) is 18.7 Å². The van der Waals surface area contributed by atoms with Crippen LogP contribution in [0.15, 0.2) is 24.3 Å². The van der Waals surface area contributed by atoms with Gasteiger partial charge in [-0.2, -0.15) is 0 Å². The highest BCUT2D eigenvalue weighted by atomic mass is 32.2. The van der Waals surface area contributed by atoms with Gasteiger partial charge in [0.2, 0.25) is 10.0 Å². The van der Waals surface area contributed by atoms with Crippen molar-refractivity contribution in [1.29, 1.82) is 0 Å². The topological polar surface area (TPSA) is 72.2 Å². The smallest absolute Gasteiger partial charge is 0.221 e. The Hall–Kier alpha value is -0.980. The van der Waals surface area contributed by atoms with Crippen LogP contribution >= 0.6 is 12.2 Å². The Bertz CT molecular complexity index is 551. The van der Waals surface area contributed by atoms with Crippen molar-refractivity contribution in [1.82, 2.24) is 4.72 Å². The molecule has 0 aliphatic heterocycles. The molecule has 3 N–H and O–H groups in total. The van der Waals surface area contributed by atoms with Gasteiger partial charge in [-0.1, -0.05) is 57.3 Å². The molecule has 0 aliphatic carbocycles. The van der Waals surface area contributed by atoms with E-state index in [1.54, 1.807) is 6.92 Å². The number of thiocarbonyl (C=S) groups is 1. The first-order chi connectivity index (χ1) is 9.27. The maximum atomic E-state index is 12.1. The first-order valence-corrected chi connectivity index (χ1v) is 8.60. The predicted octanol–water partition coefficient (Wildman–Crippen LogP) is 2.29. The van der Waals surface area contributed by atoms with E-state index in [1.165, 1.54) is 5.56 Å². The van der Waals surface area contributed by atoms with Crippen molar-refractivity contribution < 1.29 is 8.42 Å². The van der Waals surface area contributed by atoms with Crippen molar-refractivity contribution in [2.75, 3.05) is 0 Å². The second kappa shape index (κ2) is 7.15. The van der Waals surface area contributed by atoms with Gasteiger partial charge in [-0.15, -0.1) is 0 Å². The third-order valence-corrected chi connectivity index (χ3v) is 5.50. The molecule has 1 unspecified atom stereocenters. The second-order valence-electron chi connectivity index (χ2n) is 5.06. The Morgan fingerprint density at radius 2 is 1.85 bits per heavy atom. The summed E-state index contributed by atoms with van der Waals surface area (Å²) in [7, 11) is -3.51. The monoisotopic (exact) mass is 314 g/mol. The molecule has 1 aromatic rings. The molecule has 0 fully saturated rings. The minimum atomic E-state index is -3.51. The van der Waals surface area contributed by atoms with Crippen LogP contribution in [0.25, 0.3) is 0 Å². The van der Waals surface area contributed by atoms with Crippen LogP contribution in [0.1, 0.15) is 44.2 Å². The molecule has 0 spiro atoms. The summed E-state index contributed by atoms with van der Waals surface area (Å²) in [5, 5.41) is -0.813. The maximum Gasteiger partial charge on any atom is 0.221 e. The molecule has 0 bridgehead atoms. The lowest BCUT2D eigenvalue weighted by molar-refractivity contribution is 0.574. The van der Waals surface area contributed by atoms with Crippen LogP contribution in [0.3, 0.4) is 0 Å². The molecule has 0 aromatic heterocycles. The third-order valence-electron chi connectivity index (χ3n) is 3.19. The summed E-state index contributed by atoms with van der Waals surface area (Å²) in [6.07, 6.45) is 0.372. The van der Waals surface area contributed by atoms with Crippen molar-refractivity contribution in [3.8, 4) is 0 Å². The van der Waals surface area contributed by atoms with Crippen LogP contribution in [0.2, 0.25) is 0 Å². The summed E-state index contributed by atoms with van der Waals surface area (Å²) < 4.78 is 26.7. The highest BCUT2D eigenvalue weighted by Gasteiger charge is 2.25. The first kappa shape index (κ1) is 17.1. The number of nitrogens with one attached hydrogen (secondary N) is 1. The van der Waals surface area contributed by atoms with Gasteiger partial charge in [-0.05, 0) is 23.5 Å². The average molecular weight is 314 g/mol. The first-order valence-electron chi connectivity index (χ1n) is 6.64. The molecule has 20 heavy (non-hydrogen) atoms. The van der Waals surface area contributed by atoms with E-state index >= 15 is 0 Å². The number of rotatable bonds is 7. The van der Waals surface area contributed by atoms with Gasteiger partial charge in [-0.25, -0.2) is 13.1 Å². The molecule has 4 nitrogen and oxygen atoms in total. The molecule has 0 saturated heterocycles. The summed E-state index contributed by atoms with van der Waals surface area (Å²) in [4.78, 5) is 0.00940. The summed E-state index contributed by atoms with van der Waals surface area (Å²) >= 11 is 4.80. The normalized spacial score (nSPS) is 13.4. The highest BCUT2D eigenvalue weighted by Crippen LogP contribution is 2.15. The van der Waals surface area contributed by atoms with E-state index in [-0.39, 0.29) is 11.5 Å². The van der Waals surface area contributed by atoms with Crippen LogP contribution in [0.5, 0.6) is 0 Å². The zero-order valence-electron chi connectivity index (χ0n) is 12.1. The average Bonchev–Trinajstić information content (AvgIpc) is 2.37. The summed E-state index contributed by atoms with van der Waals surface area (Å²) in [6.45, 7) is 6.23. The van der Waals surface area contributed by atoms with E-state index in [1.807, 2.05) is 24.3 Å². The Kier molecular flexibility index (Phi) is 6.10. The van der Waals surface area contributed by atoms with Gasteiger partial charge >= 0.3 is 0 Å². The van der Waals surface area contributed by atoms with Gasteiger partial charge in [0.25, 0.3) is 0 Å². The van der Waals surface area contributed by atoms with Gasteiger partial charge in [-0.3, -0.25) is 0 Å². The fraction of sp³-hybridized carbons (Fsp3) is 0.500. The largest absolute Gasteiger partial charge is 0.392 e. The Morgan fingerprint density at radius 1 is 1.30 bits per heavy atom. The molecule has 1 rings (SSSR count). The maximum absolute atomic E-state index is 12.1. The van der Waals surface area contributed by atoms with Crippen molar-refractivity contribution in [2.45, 2.75) is 44.9 Å². The zero-order valence-corrected chi connectivity index (χ0v) is 13.7. The lowest BCUT2D eigenvalue weighted by Crippen LogP contribution is -2.41. The summed E-state index contributed by atoms with van der Waals surface area (Å²) in [5.41, 5.74) is 7.61. The van der Waals surface area contributed by atoms with E-state index in [2.05, 4.69) is 18.6 Å². The van der Waals surface area contributed by atoms with Crippen molar-refractivity contribution in [3.05, 3.63) is 35.4 Å². The number of benzene rings is 1. The van der Waals surface area contributed by atoms with Gasteiger partial charge < -0.3 is 5.73 Å². The molecule has 1 aromatic carbocycles. The molecule has 0 radical (unpaired) electrons. The van der Waals surface area contributed by atoms with E-state index in [0.717, 1.165) is 5.56 Å². The Labute approximate surface area is 126 Å². The molecule has 112 valence electrons. The lowest BCUT2D eigenvalue weighted by atomic mass is 10.0. The minimum Gasteiger partial charge on any atom is -0.392 e. The molecule has 0 heterocycles. The lowest BCUT2D eigenvalue weighted by Gasteiger charge is -2.15. The van der Waals surface area contributed by atoms with Crippen molar-refractivity contribution in [3.63, 3.8) is 0 Å². The molecular weight excluding hydrogens is 292 g/mol. The fourth-order valence-corrected chi connectivity index (χ4v) is 3.74. The minimum absolute atomic E-state index is 0.00940. The summed E-state index contributed by atoms with van der Waals surface area (Å²) in [5.74, 6) is 0.458. The van der Waals surface area contributed by atoms with Crippen molar-refractivity contribution >= 4 is 27.2 Å². The van der Waals surface area contributed by atoms with Gasteiger partial charge in [0.1, 0.15) is 5.25 Å². The van der Waals surface area contributed by atoms with E-state index in [9.17, 15) is 8.42 Å². The van der Waals surface area contributed by atoms with Gasteiger partial charge in [0.15, 0.2) is 0 Å². The van der Waals surface area contributed by atoms with E-state index in [4.69, 9.17) is 18.0 Å². The third kappa shape index (κ3) is 4.54. The Morgan fingerprint density at radius 3 is 2.25 bits per heavy atom. The zero-order chi connectivity index (χ0) is 15.3. The number of nitrogens with two attached hydrogens (primary N) is 1. The number of sulfonamides is 1. The van der Waals surface area contributed by atoms with E-state index < -0.39 is 15.3 Å². The highest BCUT2D eigenvalue weighted by molar-refractivity contribution is 7.93.